The van der Waals surface area contributed by atoms with E-state index in [0.29, 0.717) is 12.5 Å². The third kappa shape index (κ3) is 6.77. The Morgan fingerprint density at radius 2 is 1.89 bits per heavy atom. The molecule has 0 aliphatic rings. The van der Waals surface area contributed by atoms with Crippen molar-refractivity contribution in [2.45, 2.75) is 52.8 Å². The number of nitrogens with zero attached hydrogens (tertiary/aromatic N) is 1. The summed E-state index contributed by atoms with van der Waals surface area (Å²) in [5.41, 5.74) is -2.24. The molecule has 152 valence electrons. The van der Waals surface area contributed by atoms with Crippen LogP contribution in [0, 0.1) is 5.92 Å². The number of rotatable bonds is 9. The molecule has 0 saturated carbocycles. The first kappa shape index (κ1) is 22.8. The first-order valence-electron chi connectivity index (χ1n) is 8.89. The molecule has 1 aromatic rings. The van der Waals surface area contributed by atoms with E-state index in [9.17, 15) is 22.8 Å². The molecule has 0 saturated heterocycles. The fourth-order valence-electron chi connectivity index (χ4n) is 2.50. The lowest BCUT2D eigenvalue weighted by Gasteiger charge is -2.21. The van der Waals surface area contributed by atoms with E-state index in [1.807, 2.05) is 13.8 Å². The van der Waals surface area contributed by atoms with E-state index in [2.05, 4.69) is 0 Å². The second-order valence-electron chi connectivity index (χ2n) is 6.38. The Morgan fingerprint density at radius 3 is 2.41 bits per heavy atom. The fraction of sp³-hybridized carbons (Fsp3) is 0.579. The molecule has 0 aliphatic heterocycles. The van der Waals surface area contributed by atoms with Crippen molar-refractivity contribution in [2.75, 3.05) is 13.2 Å². The van der Waals surface area contributed by atoms with Crippen LogP contribution in [0.25, 0.3) is 6.08 Å². The predicted molar refractivity (Wildman–Crippen MR) is 96.1 cm³/mol. The molecular formula is C19H26F3NO4. The van der Waals surface area contributed by atoms with Crippen LogP contribution in [0.5, 0.6) is 0 Å². The predicted octanol–water partition coefficient (Wildman–Crippen LogP) is 4.41. The molecule has 1 heterocycles. The van der Waals surface area contributed by atoms with Crippen LogP contribution in [-0.4, -0.2) is 23.8 Å². The summed E-state index contributed by atoms with van der Waals surface area (Å²) >= 11 is 0. The molecular weight excluding hydrogens is 363 g/mol. The number of hydrogen-bond donors (Lipinski definition) is 0. The standard InChI is InChI=1S/C19H26F3NO4/c1-5-26-10-9-14-12-23(17(24)11-15(14)19(20,21)22)16(8-7-13(3)4)18(25)27-6-2/h9-13,16H,5-8H2,1-4H3/b10-9+. The molecule has 0 aliphatic carbocycles. The number of halogens is 3. The van der Waals surface area contributed by atoms with E-state index < -0.39 is 29.3 Å². The molecule has 0 fully saturated rings. The van der Waals surface area contributed by atoms with Gasteiger partial charge in [0.2, 0.25) is 0 Å². The average Bonchev–Trinajstić information content (AvgIpc) is 2.56. The van der Waals surface area contributed by atoms with Gasteiger partial charge in [0.05, 0.1) is 25.0 Å². The number of hydrogen-bond acceptors (Lipinski definition) is 4. The van der Waals surface area contributed by atoms with Crippen molar-refractivity contribution in [1.29, 1.82) is 0 Å². The maximum absolute atomic E-state index is 13.3. The van der Waals surface area contributed by atoms with Crippen molar-refractivity contribution < 1.29 is 27.4 Å². The third-order valence-electron chi connectivity index (χ3n) is 3.84. The van der Waals surface area contributed by atoms with E-state index in [-0.39, 0.29) is 31.1 Å². The van der Waals surface area contributed by atoms with Crippen LogP contribution in [0.3, 0.4) is 0 Å². The van der Waals surface area contributed by atoms with Gasteiger partial charge in [-0.25, -0.2) is 4.79 Å². The van der Waals surface area contributed by atoms with E-state index in [1.54, 1.807) is 13.8 Å². The topological polar surface area (TPSA) is 57.5 Å². The second-order valence-corrected chi connectivity index (χ2v) is 6.38. The largest absolute Gasteiger partial charge is 0.501 e. The molecule has 27 heavy (non-hydrogen) atoms. The lowest BCUT2D eigenvalue weighted by molar-refractivity contribution is -0.147. The van der Waals surface area contributed by atoms with Crippen LogP contribution in [0.4, 0.5) is 13.2 Å². The van der Waals surface area contributed by atoms with Crippen molar-refractivity contribution in [3.8, 4) is 0 Å². The van der Waals surface area contributed by atoms with Gasteiger partial charge in [-0.15, -0.1) is 0 Å². The molecule has 1 atom stereocenters. The van der Waals surface area contributed by atoms with Crippen molar-refractivity contribution in [2.24, 2.45) is 5.92 Å². The molecule has 0 spiro atoms. The molecule has 1 rings (SSSR count). The lowest BCUT2D eigenvalue weighted by atomic mass is 10.0. The minimum Gasteiger partial charge on any atom is -0.501 e. The number of alkyl halides is 3. The van der Waals surface area contributed by atoms with E-state index in [4.69, 9.17) is 9.47 Å². The smallest absolute Gasteiger partial charge is 0.417 e. The van der Waals surface area contributed by atoms with Crippen molar-refractivity contribution in [3.63, 3.8) is 0 Å². The number of carbonyl (C=O) groups excluding carboxylic acids is 1. The number of carbonyl (C=O) groups is 1. The van der Waals surface area contributed by atoms with E-state index in [1.165, 1.54) is 0 Å². The lowest BCUT2D eigenvalue weighted by Crippen LogP contribution is -2.32. The van der Waals surface area contributed by atoms with Gasteiger partial charge >= 0.3 is 12.1 Å². The van der Waals surface area contributed by atoms with Crippen LogP contribution in [-0.2, 0) is 20.4 Å². The molecule has 0 N–H and O–H groups in total. The molecule has 0 amide bonds. The van der Waals surface area contributed by atoms with Crippen LogP contribution in [0.2, 0.25) is 0 Å². The van der Waals surface area contributed by atoms with Crippen molar-refractivity contribution in [1.82, 2.24) is 4.57 Å². The SMILES string of the molecule is CCO/C=C/c1cn(C(CCC(C)C)C(=O)OCC)c(=O)cc1C(F)(F)F. The Bertz CT molecular complexity index is 708. The first-order chi connectivity index (χ1) is 12.6. The van der Waals surface area contributed by atoms with Crippen LogP contribution in [0.15, 0.2) is 23.3 Å². The highest BCUT2D eigenvalue weighted by molar-refractivity contribution is 5.74. The zero-order valence-electron chi connectivity index (χ0n) is 16.0. The molecule has 8 heteroatoms. The van der Waals surface area contributed by atoms with Gasteiger partial charge in [0.25, 0.3) is 5.56 Å². The van der Waals surface area contributed by atoms with Gasteiger partial charge in [0.1, 0.15) is 6.04 Å². The maximum atomic E-state index is 13.3. The van der Waals surface area contributed by atoms with Crippen molar-refractivity contribution >= 4 is 12.0 Å². The summed E-state index contributed by atoms with van der Waals surface area (Å²) in [6, 6.07) is -0.478. The number of esters is 1. The summed E-state index contributed by atoms with van der Waals surface area (Å²) < 4.78 is 50.9. The average molecular weight is 389 g/mol. The Hall–Kier alpha value is -2.25. The summed E-state index contributed by atoms with van der Waals surface area (Å²) in [5.74, 6) is -0.385. The number of ether oxygens (including phenoxy) is 2. The van der Waals surface area contributed by atoms with Crippen LogP contribution < -0.4 is 5.56 Å². The maximum Gasteiger partial charge on any atom is 0.417 e. The van der Waals surface area contributed by atoms with Crippen LogP contribution >= 0.6 is 0 Å². The highest BCUT2D eigenvalue weighted by Gasteiger charge is 2.35. The minimum atomic E-state index is -4.71. The molecule has 5 nitrogen and oxygen atoms in total. The minimum absolute atomic E-state index is 0.115. The molecule has 1 unspecified atom stereocenters. The highest BCUT2D eigenvalue weighted by atomic mass is 19.4. The Balaban J connectivity index is 3.46. The molecule has 1 aromatic heterocycles. The monoisotopic (exact) mass is 389 g/mol. The second kappa shape index (κ2) is 10.2. The third-order valence-corrected chi connectivity index (χ3v) is 3.84. The van der Waals surface area contributed by atoms with E-state index >= 15 is 0 Å². The normalized spacial score (nSPS) is 13.2. The Kier molecular flexibility index (Phi) is 8.59. The highest BCUT2D eigenvalue weighted by Crippen LogP contribution is 2.32. The quantitative estimate of drug-likeness (QED) is 0.464. The van der Waals surface area contributed by atoms with Gasteiger partial charge in [0.15, 0.2) is 0 Å². The van der Waals surface area contributed by atoms with Crippen molar-refractivity contribution in [3.05, 3.63) is 40.0 Å². The number of pyridine rings is 1. The summed E-state index contributed by atoms with van der Waals surface area (Å²) in [5, 5.41) is 0. The first-order valence-corrected chi connectivity index (χ1v) is 8.89. The Labute approximate surface area is 156 Å². The molecule has 0 bridgehead atoms. The van der Waals surface area contributed by atoms with Crippen LogP contribution in [0.1, 0.15) is 57.7 Å². The van der Waals surface area contributed by atoms with Gasteiger partial charge in [-0.2, -0.15) is 13.2 Å². The van der Waals surface area contributed by atoms with E-state index in [0.717, 1.165) is 23.1 Å². The molecule has 0 radical (unpaired) electrons. The van der Waals surface area contributed by atoms with Gasteiger partial charge in [-0.3, -0.25) is 4.79 Å². The summed E-state index contributed by atoms with van der Waals surface area (Å²) in [6.07, 6.45) is -0.499. The molecule has 0 aromatic carbocycles. The summed E-state index contributed by atoms with van der Waals surface area (Å²) in [7, 11) is 0. The van der Waals surface area contributed by atoms with Gasteiger partial charge in [0, 0.05) is 17.8 Å². The van der Waals surface area contributed by atoms with Gasteiger partial charge in [-0.05, 0) is 38.7 Å². The zero-order chi connectivity index (χ0) is 20.6. The van der Waals surface area contributed by atoms with Gasteiger partial charge in [-0.1, -0.05) is 13.8 Å². The number of aromatic nitrogens is 1. The zero-order valence-corrected chi connectivity index (χ0v) is 16.0. The summed E-state index contributed by atoms with van der Waals surface area (Å²) in [4.78, 5) is 24.7. The fourth-order valence-corrected chi connectivity index (χ4v) is 2.50. The van der Waals surface area contributed by atoms with Gasteiger partial charge < -0.3 is 14.0 Å². The Morgan fingerprint density at radius 1 is 1.22 bits per heavy atom. The summed E-state index contributed by atoms with van der Waals surface area (Å²) in [6.45, 7) is 7.63.